The fourth-order valence-electron chi connectivity index (χ4n) is 5.88. The number of hydrogen-bond acceptors (Lipinski definition) is 6. The van der Waals surface area contributed by atoms with Crippen molar-refractivity contribution >= 4 is 17.9 Å². The van der Waals surface area contributed by atoms with Crippen LogP contribution < -0.4 is 0 Å². The Labute approximate surface area is 361 Å². The molecule has 0 aliphatic carbocycles. The molecule has 1 unspecified atom stereocenters. The third-order valence-corrected chi connectivity index (χ3v) is 9.29. The smallest absolute Gasteiger partial charge is 0.309 e. The summed E-state index contributed by atoms with van der Waals surface area (Å²) in [7, 11) is 0. The Morgan fingerprint density at radius 1 is 0.356 bits per heavy atom. The van der Waals surface area contributed by atoms with E-state index >= 15 is 0 Å². The van der Waals surface area contributed by atoms with Gasteiger partial charge in [-0.3, -0.25) is 14.4 Å². The second-order valence-electron chi connectivity index (χ2n) is 14.9. The van der Waals surface area contributed by atoms with Gasteiger partial charge in [0.05, 0.1) is 6.42 Å². The van der Waals surface area contributed by atoms with Gasteiger partial charge in [-0.05, 0) is 96.3 Å². The molecule has 0 aromatic heterocycles. The van der Waals surface area contributed by atoms with E-state index < -0.39 is 12.1 Å². The summed E-state index contributed by atoms with van der Waals surface area (Å²) in [5.41, 5.74) is 0. The molecule has 0 radical (unpaired) electrons. The zero-order chi connectivity index (χ0) is 43.0. The maximum atomic E-state index is 12.7. The van der Waals surface area contributed by atoms with Crippen molar-refractivity contribution in [3.05, 3.63) is 109 Å². The van der Waals surface area contributed by atoms with E-state index in [1.54, 1.807) is 6.08 Å². The Hall–Kier alpha value is -3.93. The lowest BCUT2D eigenvalue weighted by molar-refractivity contribution is -0.166. The molecule has 6 heteroatoms. The van der Waals surface area contributed by atoms with Gasteiger partial charge in [0.25, 0.3) is 0 Å². The van der Waals surface area contributed by atoms with Crippen LogP contribution in [-0.4, -0.2) is 37.2 Å². The highest BCUT2D eigenvalue weighted by molar-refractivity contribution is 5.72. The lowest BCUT2D eigenvalue weighted by atomic mass is 10.1. The molecule has 0 aromatic rings. The molecule has 1 atom stereocenters. The topological polar surface area (TPSA) is 78.9 Å². The molecule has 332 valence electrons. The van der Waals surface area contributed by atoms with Gasteiger partial charge >= 0.3 is 17.9 Å². The second kappa shape index (κ2) is 46.8. The van der Waals surface area contributed by atoms with Crippen LogP contribution in [-0.2, 0) is 28.6 Å². The van der Waals surface area contributed by atoms with E-state index in [0.29, 0.717) is 6.42 Å². The lowest BCUT2D eigenvalue weighted by Crippen LogP contribution is -2.30. The van der Waals surface area contributed by atoms with Crippen LogP contribution in [0.15, 0.2) is 109 Å². The summed E-state index contributed by atoms with van der Waals surface area (Å²) in [6.45, 7) is 6.15. The molecule has 0 aliphatic rings. The van der Waals surface area contributed by atoms with Crippen LogP contribution in [0.2, 0.25) is 0 Å². The van der Waals surface area contributed by atoms with E-state index in [4.69, 9.17) is 14.2 Å². The van der Waals surface area contributed by atoms with E-state index in [0.717, 1.165) is 122 Å². The zero-order valence-electron chi connectivity index (χ0n) is 37.7. The van der Waals surface area contributed by atoms with Crippen LogP contribution in [0.4, 0.5) is 0 Å². The highest BCUT2D eigenvalue weighted by Gasteiger charge is 2.19. The van der Waals surface area contributed by atoms with Gasteiger partial charge in [0.2, 0.25) is 0 Å². The van der Waals surface area contributed by atoms with Crippen molar-refractivity contribution in [2.45, 2.75) is 194 Å². The molecule has 0 bridgehead atoms. The molecule has 0 N–H and O–H groups in total. The Bertz CT molecular complexity index is 1260. The summed E-state index contributed by atoms with van der Waals surface area (Å²) >= 11 is 0. The van der Waals surface area contributed by atoms with Crippen molar-refractivity contribution in [3.63, 3.8) is 0 Å². The molecular weight excluding hydrogens is 733 g/mol. The monoisotopic (exact) mass is 817 g/mol. The molecular formula is C53H84O6. The van der Waals surface area contributed by atoms with E-state index in [1.165, 1.54) is 25.7 Å². The van der Waals surface area contributed by atoms with E-state index in [2.05, 4.69) is 118 Å². The van der Waals surface area contributed by atoms with Crippen molar-refractivity contribution in [1.29, 1.82) is 0 Å². The summed E-state index contributed by atoms with van der Waals surface area (Å²) < 4.78 is 16.6. The first-order valence-electron chi connectivity index (χ1n) is 23.4. The van der Waals surface area contributed by atoms with E-state index in [9.17, 15) is 14.4 Å². The van der Waals surface area contributed by atoms with Crippen molar-refractivity contribution in [3.8, 4) is 0 Å². The largest absolute Gasteiger partial charge is 0.462 e. The molecule has 6 nitrogen and oxygen atoms in total. The molecule has 0 saturated carbocycles. The fourth-order valence-corrected chi connectivity index (χ4v) is 5.88. The van der Waals surface area contributed by atoms with E-state index in [1.807, 2.05) is 6.08 Å². The first-order chi connectivity index (χ1) is 29.0. The first-order valence-corrected chi connectivity index (χ1v) is 23.4. The number of hydrogen-bond donors (Lipinski definition) is 0. The second-order valence-corrected chi connectivity index (χ2v) is 14.9. The van der Waals surface area contributed by atoms with Gasteiger partial charge in [-0.25, -0.2) is 0 Å². The standard InChI is InChI=1S/C53H84O6/c1-4-7-10-13-16-19-21-23-25-27-29-31-34-37-40-43-46-52(55)58-49-50(48-57-51(54)45-42-39-36-33-18-15-12-9-6-3)59-53(56)47-44-41-38-35-32-30-28-26-24-22-20-17-14-11-8-5-2/h7-12,16-20,23-26,33,39,42,50H,4-6,13-15,21-22,27-32,34-38,40-41,43-49H2,1-3H3/b10-7-,11-8-,12-9-,19-16-,20-17-,25-23-,26-24-,33-18-,42-39-. The quantitative estimate of drug-likeness (QED) is 0.0265. The SMILES string of the molecule is CC/C=C\C/C=C\C/C=C\CCCCCCCCC(=O)OCC(COC(=O)C/C=C\C/C=C\C/C=C\CC)OC(=O)CCCCCCCC/C=C\C/C=C\C/C=C\CC. The highest BCUT2D eigenvalue weighted by atomic mass is 16.6. The zero-order valence-corrected chi connectivity index (χ0v) is 37.7. The van der Waals surface area contributed by atoms with Crippen LogP contribution >= 0.6 is 0 Å². The molecule has 59 heavy (non-hydrogen) atoms. The van der Waals surface area contributed by atoms with Gasteiger partial charge in [-0.1, -0.05) is 182 Å². The number of ether oxygens (including phenoxy) is 3. The van der Waals surface area contributed by atoms with Gasteiger partial charge in [-0.15, -0.1) is 0 Å². The Kier molecular flexibility index (Phi) is 43.6. The predicted octanol–water partition coefficient (Wildman–Crippen LogP) is 15.2. The molecule has 0 heterocycles. The summed E-state index contributed by atoms with van der Waals surface area (Å²) in [6.07, 6.45) is 62.5. The predicted molar refractivity (Wildman–Crippen MR) is 251 cm³/mol. The minimum absolute atomic E-state index is 0.120. The number of allylic oxidation sites excluding steroid dienone is 17. The van der Waals surface area contributed by atoms with Crippen LogP contribution in [0.1, 0.15) is 188 Å². The first kappa shape index (κ1) is 55.1. The average molecular weight is 817 g/mol. The molecule has 0 aliphatic heterocycles. The Balaban J connectivity index is 4.46. The molecule has 0 saturated heterocycles. The minimum Gasteiger partial charge on any atom is -0.462 e. The van der Waals surface area contributed by atoms with Crippen LogP contribution in [0.5, 0.6) is 0 Å². The summed E-state index contributed by atoms with van der Waals surface area (Å²) in [6, 6.07) is 0. The fraction of sp³-hybridized carbons (Fsp3) is 0.604. The molecule has 0 fully saturated rings. The maximum Gasteiger partial charge on any atom is 0.309 e. The maximum absolute atomic E-state index is 12.7. The molecule has 0 spiro atoms. The number of rotatable bonds is 40. The number of esters is 3. The number of unbranched alkanes of at least 4 members (excludes halogenated alkanes) is 12. The van der Waals surface area contributed by atoms with Gasteiger partial charge in [0.15, 0.2) is 6.10 Å². The number of carbonyl (C=O) groups excluding carboxylic acids is 3. The lowest BCUT2D eigenvalue weighted by Gasteiger charge is -2.18. The van der Waals surface area contributed by atoms with E-state index in [-0.39, 0.29) is 38.0 Å². The Morgan fingerprint density at radius 2 is 0.678 bits per heavy atom. The van der Waals surface area contributed by atoms with Gasteiger partial charge in [0.1, 0.15) is 13.2 Å². The molecule has 0 rings (SSSR count). The Morgan fingerprint density at radius 3 is 1.10 bits per heavy atom. The third kappa shape index (κ3) is 45.0. The van der Waals surface area contributed by atoms with Crippen molar-refractivity contribution < 1.29 is 28.6 Å². The normalized spacial score (nSPS) is 13.1. The van der Waals surface area contributed by atoms with Gasteiger partial charge in [-0.2, -0.15) is 0 Å². The number of carbonyl (C=O) groups is 3. The molecule has 0 aromatic carbocycles. The summed E-state index contributed by atoms with van der Waals surface area (Å²) in [4.78, 5) is 37.7. The van der Waals surface area contributed by atoms with Gasteiger partial charge < -0.3 is 14.2 Å². The van der Waals surface area contributed by atoms with Crippen LogP contribution in [0, 0.1) is 0 Å². The third-order valence-electron chi connectivity index (χ3n) is 9.29. The van der Waals surface area contributed by atoms with Crippen molar-refractivity contribution in [2.24, 2.45) is 0 Å². The van der Waals surface area contributed by atoms with Crippen molar-refractivity contribution in [1.82, 2.24) is 0 Å². The van der Waals surface area contributed by atoms with Crippen molar-refractivity contribution in [2.75, 3.05) is 13.2 Å². The summed E-state index contributed by atoms with van der Waals surface area (Å²) in [5, 5.41) is 0. The van der Waals surface area contributed by atoms with Gasteiger partial charge in [0, 0.05) is 12.8 Å². The average Bonchev–Trinajstić information content (AvgIpc) is 3.23. The van der Waals surface area contributed by atoms with Crippen LogP contribution in [0.25, 0.3) is 0 Å². The van der Waals surface area contributed by atoms with Crippen LogP contribution in [0.3, 0.4) is 0 Å². The summed E-state index contributed by atoms with van der Waals surface area (Å²) in [5.74, 6) is -1.08. The minimum atomic E-state index is -0.826. The molecule has 0 amide bonds. The highest BCUT2D eigenvalue weighted by Crippen LogP contribution is 2.12.